The molecule has 1 saturated heterocycles. The number of aliphatic hydroxyl groups is 1. The van der Waals surface area contributed by atoms with Gasteiger partial charge in [-0.2, -0.15) is 0 Å². The number of fused-ring (bicyclic) bond motifs is 1. The lowest BCUT2D eigenvalue weighted by Gasteiger charge is -2.34. The van der Waals surface area contributed by atoms with E-state index < -0.39 is 0 Å². The monoisotopic (exact) mass is 495 g/mol. The fourth-order valence-electron chi connectivity index (χ4n) is 5.30. The SMILES string of the molecule is CCN(CC)C(=O)[C@@H]1CCCN(Cc2ccc3c(c2)CN(Cc2ccc(OCCO)cc2)CCO3)C1. The maximum Gasteiger partial charge on any atom is 0.226 e. The number of hydrogen-bond acceptors (Lipinski definition) is 6. The second-order valence-corrected chi connectivity index (χ2v) is 9.80. The van der Waals surface area contributed by atoms with Crippen molar-refractivity contribution in [2.24, 2.45) is 5.92 Å². The molecule has 196 valence electrons. The number of hydrogen-bond donors (Lipinski definition) is 1. The van der Waals surface area contributed by atoms with Crippen molar-refractivity contribution < 1.29 is 19.4 Å². The number of carbonyl (C=O) groups is 1. The van der Waals surface area contributed by atoms with Crippen molar-refractivity contribution in [2.45, 2.75) is 46.3 Å². The van der Waals surface area contributed by atoms with E-state index in [4.69, 9.17) is 14.6 Å². The van der Waals surface area contributed by atoms with Gasteiger partial charge in [0.25, 0.3) is 0 Å². The third-order valence-electron chi connectivity index (χ3n) is 7.21. The van der Waals surface area contributed by atoms with Gasteiger partial charge in [-0.15, -0.1) is 0 Å². The van der Waals surface area contributed by atoms with Crippen LogP contribution in [0.1, 0.15) is 43.4 Å². The van der Waals surface area contributed by atoms with Crippen LogP contribution in [0.2, 0.25) is 0 Å². The topological polar surface area (TPSA) is 65.5 Å². The molecule has 0 saturated carbocycles. The number of rotatable bonds is 10. The molecule has 4 rings (SSSR count). The minimum atomic E-state index is 0.0176. The van der Waals surface area contributed by atoms with E-state index in [0.717, 1.165) is 76.7 Å². The zero-order valence-electron chi connectivity index (χ0n) is 21.8. The number of benzene rings is 2. The number of carbonyl (C=O) groups excluding carboxylic acids is 1. The Morgan fingerprint density at radius 3 is 2.56 bits per heavy atom. The van der Waals surface area contributed by atoms with E-state index in [-0.39, 0.29) is 12.5 Å². The minimum Gasteiger partial charge on any atom is -0.492 e. The van der Waals surface area contributed by atoms with Crippen LogP contribution in [-0.4, -0.2) is 78.3 Å². The standard InChI is InChI=1S/C29H41N3O4/c1-3-32(4-2)29(34)25-6-5-13-30(21-25)20-24-9-12-28-26(18-24)22-31(14-16-36-28)19-23-7-10-27(11-8-23)35-17-15-33/h7-12,18,25,33H,3-6,13-17,19-22H2,1-2H3/t25-/m1/s1. The molecular formula is C29H41N3O4. The number of aliphatic hydroxyl groups excluding tert-OH is 1. The predicted molar refractivity (Wildman–Crippen MR) is 141 cm³/mol. The summed E-state index contributed by atoms with van der Waals surface area (Å²) in [4.78, 5) is 19.7. The average Bonchev–Trinajstić information content (AvgIpc) is 3.10. The number of likely N-dealkylation sites (tertiary alicyclic amines) is 1. The van der Waals surface area contributed by atoms with Gasteiger partial charge in [0.15, 0.2) is 0 Å². The molecule has 1 N–H and O–H groups in total. The van der Waals surface area contributed by atoms with Gasteiger partial charge in [-0.05, 0) is 68.6 Å². The van der Waals surface area contributed by atoms with Crippen molar-refractivity contribution in [1.29, 1.82) is 0 Å². The van der Waals surface area contributed by atoms with E-state index in [1.807, 2.05) is 17.0 Å². The molecule has 2 aromatic rings. The molecule has 2 aliphatic heterocycles. The third-order valence-corrected chi connectivity index (χ3v) is 7.21. The van der Waals surface area contributed by atoms with Crippen LogP contribution in [-0.2, 0) is 24.4 Å². The van der Waals surface area contributed by atoms with Gasteiger partial charge in [0, 0.05) is 51.4 Å². The Bertz CT molecular complexity index is 977. The molecule has 2 heterocycles. The predicted octanol–water partition coefficient (Wildman–Crippen LogP) is 3.53. The van der Waals surface area contributed by atoms with Crippen LogP contribution < -0.4 is 9.47 Å². The smallest absolute Gasteiger partial charge is 0.226 e. The molecule has 36 heavy (non-hydrogen) atoms. The lowest BCUT2D eigenvalue weighted by atomic mass is 9.95. The minimum absolute atomic E-state index is 0.0176. The largest absolute Gasteiger partial charge is 0.492 e. The van der Waals surface area contributed by atoms with E-state index in [2.05, 4.69) is 54.0 Å². The Hall–Kier alpha value is -2.61. The summed E-state index contributed by atoms with van der Waals surface area (Å²) >= 11 is 0. The molecule has 7 heteroatoms. The first-order chi connectivity index (χ1) is 17.6. The van der Waals surface area contributed by atoms with Gasteiger partial charge in [-0.1, -0.05) is 18.2 Å². The molecule has 1 amide bonds. The van der Waals surface area contributed by atoms with Crippen LogP contribution >= 0.6 is 0 Å². The van der Waals surface area contributed by atoms with Crippen molar-refractivity contribution in [3.8, 4) is 11.5 Å². The maximum atomic E-state index is 12.9. The van der Waals surface area contributed by atoms with Crippen LogP contribution in [0.3, 0.4) is 0 Å². The first-order valence-corrected chi connectivity index (χ1v) is 13.4. The summed E-state index contributed by atoms with van der Waals surface area (Å²) in [5.41, 5.74) is 3.73. The Balaban J connectivity index is 1.37. The molecule has 0 aliphatic carbocycles. The summed E-state index contributed by atoms with van der Waals surface area (Å²) < 4.78 is 11.6. The van der Waals surface area contributed by atoms with Crippen LogP contribution in [0.25, 0.3) is 0 Å². The molecule has 0 bridgehead atoms. The fourth-order valence-corrected chi connectivity index (χ4v) is 5.30. The normalized spacial score (nSPS) is 18.7. The number of piperidine rings is 1. The molecule has 0 spiro atoms. The second kappa shape index (κ2) is 13.1. The highest BCUT2D eigenvalue weighted by atomic mass is 16.5. The molecule has 2 aliphatic rings. The lowest BCUT2D eigenvalue weighted by Crippen LogP contribution is -2.44. The van der Waals surface area contributed by atoms with Gasteiger partial charge in [0.1, 0.15) is 24.7 Å². The van der Waals surface area contributed by atoms with Crippen LogP contribution in [0, 0.1) is 5.92 Å². The van der Waals surface area contributed by atoms with E-state index in [9.17, 15) is 4.79 Å². The third kappa shape index (κ3) is 6.99. The quantitative estimate of drug-likeness (QED) is 0.544. The Morgan fingerprint density at radius 2 is 1.81 bits per heavy atom. The van der Waals surface area contributed by atoms with E-state index in [1.54, 1.807) is 0 Å². The van der Waals surface area contributed by atoms with Crippen molar-refractivity contribution in [1.82, 2.24) is 14.7 Å². The molecule has 7 nitrogen and oxygen atoms in total. The molecule has 1 fully saturated rings. The van der Waals surface area contributed by atoms with Crippen LogP contribution in [0.5, 0.6) is 11.5 Å². The van der Waals surface area contributed by atoms with E-state index >= 15 is 0 Å². The van der Waals surface area contributed by atoms with Gasteiger partial charge < -0.3 is 19.5 Å². The van der Waals surface area contributed by atoms with Crippen molar-refractivity contribution in [3.05, 3.63) is 59.2 Å². The maximum absolute atomic E-state index is 12.9. The lowest BCUT2D eigenvalue weighted by molar-refractivity contribution is -0.137. The second-order valence-electron chi connectivity index (χ2n) is 9.80. The summed E-state index contributed by atoms with van der Waals surface area (Å²) in [5.74, 6) is 2.17. The molecule has 0 unspecified atom stereocenters. The number of nitrogens with zero attached hydrogens (tertiary/aromatic N) is 3. The highest BCUT2D eigenvalue weighted by Crippen LogP contribution is 2.27. The van der Waals surface area contributed by atoms with Crippen molar-refractivity contribution in [3.63, 3.8) is 0 Å². The van der Waals surface area contributed by atoms with Gasteiger partial charge in [0.05, 0.1) is 12.5 Å². The van der Waals surface area contributed by atoms with Crippen molar-refractivity contribution in [2.75, 3.05) is 52.5 Å². The molecule has 0 radical (unpaired) electrons. The van der Waals surface area contributed by atoms with Gasteiger partial charge in [-0.3, -0.25) is 14.6 Å². The van der Waals surface area contributed by atoms with Crippen molar-refractivity contribution >= 4 is 5.91 Å². The summed E-state index contributed by atoms with van der Waals surface area (Å²) in [7, 11) is 0. The highest BCUT2D eigenvalue weighted by Gasteiger charge is 2.28. The summed E-state index contributed by atoms with van der Waals surface area (Å²) in [6, 6.07) is 14.7. The first kappa shape index (κ1) is 26.5. The summed E-state index contributed by atoms with van der Waals surface area (Å²) in [5, 5.41) is 8.93. The van der Waals surface area contributed by atoms with Crippen LogP contribution in [0.4, 0.5) is 0 Å². The van der Waals surface area contributed by atoms with E-state index in [1.165, 1.54) is 16.7 Å². The zero-order valence-corrected chi connectivity index (χ0v) is 21.8. The molecule has 1 atom stereocenters. The first-order valence-electron chi connectivity index (χ1n) is 13.4. The van der Waals surface area contributed by atoms with Gasteiger partial charge in [-0.25, -0.2) is 0 Å². The zero-order chi connectivity index (χ0) is 25.3. The molecular weight excluding hydrogens is 454 g/mol. The number of ether oxygens (including phenoxy) is 2. The van der Waals surface area contributed by atoms with Gasteiger partial charge in [0.2, 0.25) is 5.91 Å². The Morgan fingerprint density at radius 1 is 1.06 bits per heavy atom. The number of amides is 1. The fraction of sp³-hybridized carbons (Fsp3) is 0.552. The summed E-state index contributed by atoms with van der Waals surface area (Å²) in [6.07, 6.45) is 2.07. The van der Waals surface area contributed by atoms with E-state index in [0.29, 0.717) is 19.1 Å². The average molecular weight is 496 g/mol. The Kier molecular flexibility index (Phi) is 9.61. The molecule has 2 aromatic carbocycles. The molecule has 0 aromatic heterocycles. The van der Waals surface area contributed by atoms with Gasteiger partial charge >= 0.3 is 0 Å². The Labute approximate surface area is 215 Å². The van der Waals surface area contributed by atoms with Crippen LogP contribution in [0.15, 0.2) is 42.5 Å². The summed E-state index contributed by atoms with van der Waals surface area (Å²) in [6.45, 7) is 12.0. The highest BCUT2D eigenvalue weighted by molar-refractivity contribution is 5.79.